The van der Waals surface area contributed by atoms with Crippen molar-refractivity contribution in [3.8, 4) is 5.69 Å². The zero-order valence-corrected chi connectivity index (χ0v) is 15.9. The maximum absolute atomic E-state index is 12.6. The number of carbonyl (C=O) groups excluding carboxylic acids is 1. The molecule has 0 spiro atoms. The topological polar surface area (TPSA) is 59.8 Å². The largest absolute Gasteiger partial charge is 0.352 e. The first-order valence-corrected chi connectivity index (χ1v) is 9.86. The van der Waals surface area contributed by atoms with Crippen LogP contribution < -0.4 is 5.32 Å². The first-order valence-electron chi connectivity index (χ1n) is 8.98. The van der Waals surface area contributed by atoms with Crippen molar-refractivity contribution in [2.24, 2.45) is 11.8 Å². The zero-order valence-electron chi connectivity index (χ0n) is 15.1. The number of amides is 1. The highest BCUT2D eigenvalue weighted by molar-refractivity contribution is 8.00. The minimum atomic E-state index is -0.212. The molecule has 1 N–H and O–H groups in total. The number of nitrogens with zero attached hydrogens (tertiary/aromatic N) is 3. The minimum Gasteiger partial charge on any atom is -0.352 e. The lowest BCUT2D eigenvalue weighted by Gasteiger charge is -2.35. The summed E-state index contributed by atoms with van der Waals surface area (Å²) in [6.07, 6.45) is 5.22. The Morgan fingerprint density at radius 1 is 1.28 bits per heavy atom. The van der Waals surface area contributed by atoms with E-state index in [0.29, 0.717) is 11.8 Å². The van der Waals surface area contributed by atoms with Crippen LogP contribution in [0, 0.1) is 11.8 Å². The summed E-state index contributed by atoms with van der Waals surface area (Å²) in [6.45, 7) is 6.46. The van der Waals surface area contributed by atoms with Crippen LogP contribution in [-0.4, -0.2) is 32.0 Å². The molecule has 3 rings (SSSR count). The normalized spacial score (nSPS) is 24.7. The average Bonchev–Trinajstić information content (AvgIpc) is 3.07. The van der Waals surface area contributed by atoms with Crippen molar-refractivity contribution < 1.29 is 4.79 Å². The molecule has 4 unspecified atom stereocenters. The molecule has 6 heteroatoms. The van der Waals surface area contributed by atoms with Gasteiger partial charge in [-0.15, -0.1) is 10.2 Å². The highest BCUT2D eigenvalue weighted by atomic mass is 32.2. The number of benzene rings is 1. The van der Waals surface area contributed by atoms with Gasteiger partial charge in [-0.1, -0.05) is 56.7 Å². The van der Waals surface area contributed by atoms with E-state index < -0.39 is 0 Å². The molecule has 4 atom stereocenters. The van der Waals surface area contributed by atoms with Gasteiger partial charge in [-0.05, 0) is 37.3 Å². The molecule has 0 saturated heterocycles. The van der Waals surface area contributed by atoms with E-state index in [9.17, 15) is 4.79 Å². The second kappa shape index (κ2) is 8.04. The third kappa shape index (κ3) is 4.24. The van der Waals surface area contributed by atoms with E-state index >= 15 is 0 Å². The third-order valence-corrected chi connectivity index (χ3v) is 6.29. The fourth-order valence-electron chi connectivity index (χ4n) is 3.37. The van der Waals surface area contributed by atoms with Gasteiger partial charge in [-0.3, -0.25) is 9.36 Å². The Labute approximate surface area is 153 Å². The number of nitrogens with one attached hydrogen (secondary N) is 1. The summed E-state index contributed by atoms with van der Waals surface area (Å²) in [5.74, 6) is 1.28. The number of rotatable bonds is 5. The fourth-order valence-corrected chi connectivity index (χ4v) is 4.22. The van der Waals surface area contributed by atoms with Crippen LogP contribution in [0.1, 0.15) is 40.0 Å². The van der Waals surface area contributed by atoms with Gasteiger partial charge in [-0.2, -0.15) is 0 Å². The van der Waals surface area contributed by atoms with Crippen LogP contribution in [0.25, 0.3) is 5.69 Å². The van der Waals surface area contributed by atoms with Crippen molar-refractivity contribution in [3.05, 3.63) is 36.7 Å². The lowest BCUT2D eigenvalue weighted by atomic mass is 9.78. The van der Waals surface area contributed by atoms with Crippen LogP contribution in [-0.2, 0) is 4.79 Å². The van der Waals surface area contributed by atoms with E-state index in [1.165, 1.54) is 24.6 Å². The van der Waals surface area contributed by atoms with Gasteiger partial charge in [0.2, 0.25) is 5.91 Å². The predicted octanol–water partition coefficient (Wildman–Crippen LogP) is 3.69. The van der Waals surface area contributed by atoms with Gasteiger partial charge >= 0.3 is 0 Å². The Morgan fingerprint density at radius 3 is 2.80 bits per heavy atom. The molecule has 25 heavy (non-hydrogen) atoms. The third-order valence-electron chi connectivity index (χ3n) is 5.24. The van der Waals surface area contributed by atoms with E-state index in [1.807, 2.05) is 41.8 Å². The van der Waals surface area contributed by atoms with Crippen LogP contribution >= 0.6 is 11.8 Å². The zero-order chi connectivity index (χ0) is 17.8. The van der Waals surface area contributed by atoms with Crippen molar-refractivity contribution in [2.45, 2.75) is 56.5 Å². The minimum absolute atomic E-state index is 0.0820. The molecule has 0 radical (unpaired) electrons. The van der Waals surface area contributed by atoms with E-state index in [1.54, 1.807) is 6.33 Å². The SMILES string of the molecule is CC(Sc1nncn1-c1ccccc1)C(=O)NC1CCCC(C)C1C. The molecule has 134 valence electrons. The Hall–Kier alpha value is -1.82. The Kier molecular flexibility index (Phi) is 5.78. The lowest BCUT2D eigenvalue weighted by Crippen LogP contribution is -2.46. The van der Waals surface area contributed by atoms with Gasteiger partial charge in [0.05, 0.1) is 5.25 Å². The van der Waals surface area contributed by atoms with Crippen LogP contribution in [0.5, 0.6) is 0 Å². The molecule has 1 fully saturated rings. The fraction of sp³-hybridized carbons (Fsp3) is 0.526. The second-order valence-corrected chi connectivity index (χ2v) is 8.27. The molecule has 1 saturated carbocycles. The predicted molar refractivity (Wildman–Crippen MR) is 101 cm³/mol. The molecule has 1 heterocycles. The molecule has 1 aliphatic carbocycles. The number of para-hydroxylation sites is 1. The Bertz CT molecular complexity index is 702. The highest BCUT2D eigenvalue weighted by Crippen LogP contribution is 2.30. The summed E-state index contributed by atoms with van der Waals surface area (Å²) in [5.41, 5.74) is 0.998. The second-order valence-electron chi connectivity index (χ2n) is 6.96. The van der Waals surface area contributed by atoms with Gasteiger partial charge in [0.1, 0.15) is 6.33 Å². The molecule has 5 nitrogen and oxygen atoms in total. The van der Waals surface area contributed by atoms with Gasteiger partial charge in [-0.25, -0.2) is 0 Å². The molecule has 2 aromatic rings. The van der Waals surface area contributed by atoms with E-state index in [4.69, 9.17) is 0 Å². The van der Waals surface area contributed by atoms with E-state index in [2.05, 4.69) is 29.4 Å². The standard InChI is InChI=1S/C19H26N4OS/c1-13-8-7-11-17(14(13)2)21-18(24)15(3)25-19-22-20-12-23(19)16-9-5-4-6-10-16/h4-6,9-10,12-15,17H,7-8,11H2,1-3H3,(H,21,24). The summed E-state index contributed by atoms with van der Waals surface area (Å²) < 4.78 is 1.92. The maximum atomic E-state index is 12.6. The maximum Gasteiger partial charge on any atom is 0.233 e. The molecule has 1 aromatic carbocycles. The molecule has 1 aliphatic rings. The van der Waals surface area contributed by atoms with Crippen LogP contribution in [0.3, 0.4) is 0 Å². The molecular formula is C19H26N4OS. The highest BCUT2D eigenvalue weighted by Gasteiger charge is 2.29. The smallest absolute Gasteiger partial charge is 0.233 e. The first-order chi connectivity index (χ1) is 12.1. The molecule has 1 aromatic heterocycles. The quantitative estimate of drug-likeness (QED) is 0.828. The van der Waals surface area contributed by atoms with Crippen molar-refractivity contribution in [3.63, 3.8) is 0 Å². The van der Waals surface area contributed by atoms with Crippen LogP contribution in [0.15, 0.2) is 41.8 Å². The van der Waals surface area contributed by atoms with Crippen LogP contribution in [0.4, 0.5) is 0 Å². The van der Waals surface area contributed by atoms with Gasteiger partial charge in [0, 0.05) is 11.7 Å². The van der Waals surface area contributed by atoms with Crippen molar-refractivity contribution in [1.29, 1.82) is 0 Å². The number of hydrogen-bond donors (Lipinski definition) is 1. The summed E-state index contributed by atoms with van der Waals surface area (Å²) in [5, 5.41) is 12.0. The lowest BCUT2D eigenvalue weighted by molar-refractivity contribution is -0.121. The average molecular weight is 359 g/mol. The number of hydrogen-bond acceptors (Lipinski definition) is 4. The summed E-state index contributed by atoms with van der Waals surface area (Å²) in [4.78, 5) is 12.6. The van der Waals surface area contributed by atoms with Crippen molar-refractivity contribution in [2.75, 3.05) is 0 Å². The van der Waals surface area contributed by atoms with Gasteiger partial charge < -0.3 is 5.32 Å². The van der Waals surface area contributed by atoms with Crippen molar-refractivity contribution in [1.82, 2.24) is 20.1 Å². The summed E-state index contributed by atoms with van der Waals surface area (Å²) in [7, 11) is 0. The van der Waals surface area contributed by atoms with Gasteiger partial charge in [0.15, 0.2) is 5.16 Å². The van der Waals surface area contributed by atoms with Gasteiger partial charge in [0.25, 0.3) is 0 Å². The van der Waals surface area contributed by atoms with Crippen molar-refractivity contribution >= 4 is 17.7 Å². The van der Waals surface area contributed by atoms with E-state index in [-0.39, 0.29) is 17.2 Å². The molecular weight excluding hydrogens is 332 g/mol. The molecule has 0 bridgehead atoms. The Morgan fingerprint density at radius 2 is 2.04 bits per heavy atom. The van der Waals surface area contributed by atoms with E-state index in [0.717, 1.165) is 17.3 Å². The first kappa shape index (κ1) is 18.0. The number of thioether (sulfide) groups is 1. The molecule has 1 amide bonds. The summed E-state index contributed by atoms with van der Waals surface area (Å²) >= 11 is 1.45. The monoisotopic (exact) mass is 358 g/mol. The molecule has 0 aliphatic heterocycles. The number of carbonyl (C=O) groups is 1. The Balaban J connectivity index is 1.64. The summed E-state index contributed by atoms with van der Waals surface area (Å²) in [6, 6.07) is 10.2. The number of aromatic nitrogens is 3. The van der Waals surface area contributed by atoms with Crippen LogP contribution in [0.2, 0.25) is 0 Å².